The summed E-state index contributed by atoms with van der Waals surface area (Å²) in [6.45, 7) is 8.17. The highest BCUT2D eigenvalue weighted by Gasteiger charge is 2.55. The van der Waals surface area contributed by atoms with Gasteiger partial charge in [-0.15, -0.1) is 0 Å². The minimum absolute atomic E-state index is 0.121. The molecule has 60 heavy (non-hydrogen) atoms. The number of fused-ring (bicyclic) bond motifs is 3. The number of anilines is 2. The van der Waals surface area contributed by atoms with Crippen LogP contribution in [0.1, 0.15) is 87.1 Å². The van der Waals surface area contributed by atoms with E-state index in [9.17, 15) is 22.8 Å². The highest BCUT2D eigenvalue weighted by atomic mass is 32.2. The van der Waals surface area contributed by atoms with Gasteiger partial charge in [0.15, 0.2) is 0 Å². The summed E-state index contributed by atoms with van der Waals surface area (Å²) in [5.41, 5.74) is 4.32. The topological polar surface area (TPSA) is 133 Å². The number of carbonyl (C=O) groups excluding carboxylic acids is 3. The molecule has 1 fully saturated rings. The number of hydrogen-bond donors (Lipinski definition) is 4. The van der Waals surface area contributed by atoms with E-state index < -0.39 is 38.8 Å². The first-order valence-corrected chi connectivity index (χ1v) is 22.6. The molecule has 2 aliphatic carbocycles. The lowest BCUT2D eigenvalue weighted by molar-refractivity contribution is -0.141. The van der Waals surface area contributed by atoms with Gasteiger partial charge in [-0.25, -0.2) is 8.42 Å². The van der Waals surface area contributed by atoms with E-state index in [-0.39, 0.29) is 35.0 Å². The Labute approximate surface area is 354 Å². The number of benzene rings is 5. The van der Waals surface area contributed by atoms with Crippen molar-refractivity contribution in [3.63, 3.8) is 0 Å². The molecule has 1 saturated carbocycles. The van der Waals surface area contributed by atoms with Crippen molar-refractivity contribution in [2.45, 2.75) is 101 Å². The summed E-state index contributed by atoms with van der Waals surface area (Å²) in [5, 5.41) is 9.11. The zero-order valence-electron chi connectivity index (χ0n) is 34.9. The van der Waals surface area contributed by atoms with Crippen molar-refractivity contribution in [3.05, 3.63) is 161 Å². The second-order valence-electron chi connectivity index (χ2n) is 17.3. The zero-order valence-corrected chi connectivity index (χ0v) is 35.7. The maximum Gasteiger partial charge on any atom is 0.247 e. The number of aryl methyl sites for hydroxylation is 1. The molecule has 0 spiro atoms. The molecule has 0 radical (unpaired) electrons. The van der Waals surface area contributed by atoms with Crippen LogP contribution in [0.5, 0.6) is 0 Å². The van der Waals surface area contributed by atoms with Crippen molar-refractivity contribution in [2.24, 2.45) is 11.3 Å². The molecule has 5 aromatic carbocycles. The Morgan fingerprint density at radius 2 is 1.18 bits per heavy atom. The van der Waals surface area contributed by atoms with Crippen LogP contribution < -0.4 is 20.7 Å². The summed E-state index contributed by atoms with van der Waals surface area (Å²) in [5.74, 6) is -1.17. The van der Waals surface area contributed by atoms with Crippen LogP contribution in [-0.4, -0.2) is 38.2 Å². The lowest BCUT2D eigenvalue weighted by Gasteiger charge is -2.55. The number of nitrogens with one attached hydrogen (secondary N) is 4. The van der Waals surface area contributed by atoms with Gasteiger partial charge >= 0.3 is 0 Å². The molecular formula is C50H56N4O5S. The Morgan fingerprint density at radius 3 is 1.72 bits per heavy atom. The number of hydrogen-bond acceptors (Lipinski definition) is 5. The molecule has 7 rings (SSSR count). The third kappa shape index (κ3) is 9.25. The van der Waals surface area contributed by atoms with E-state index in [1.165, 1.54) is 0 Å². The summed E-state index contributed by atoms with van der Waals surface area (Å²) in [4.78, 5) is 42.7. The van der Waals surface area contributed by atoms with E-state index in [1.54, 1.807) is 12.1 Å². The van der Waals surface area contributed by atoms with Crippen molar-refractivity contribution in [2.75, 3.05) is 10.6 Å². The van der Waals surface area contributed by atoms with E-state index in [1.807, 2.05) is 142 Å². The molecule has 3 amide bonds. The van der Waals surface area contributed by atoms with Crippen molar-refractivity contribution < 1.29 is 22.8 Å². The van der Waals surface area contributed by atoms with Crippen LogP contribution in [0.15, 0.2) is 138 Å². The van der Waals surface area contributed by atoms with E-state index in [0.29, 0.717) is 36.2 Å². The van der Waals surface area contributed by atoms with Gasteiger partial charge in [0.2, 0.25) is 27.7 Å². The lowest BCUT2D eigenvalue weighted by atomic mass is 9.49. The number of amides is 3. The molecule has 5 atom stereocenters. The Bertz CT molecular complexity index is 2410. The zero-order chi connectivity index (χ0) is 42.5. The van der Waals surface area contributed by atoms with E-state index in [2.05, 4.69) is 27.6 Å². The SMILES string of the molecule is CC(C)c1cc2c(cc1S(=O)(=O)N[C@@H](Cc1ccccc1)C(=O)Nc1ccccc1)[C@@]1(C)CCC[C@@](C)(C(=O)N[C@@H](Cc3ccccc3)C(=O)Nc3ccccc3)[C@@H]1CC2. The van der Waals surface area contributed by atoms with Crippen molar-refractivity contribution in [1.82, 2.24) is 10.0 Å². The van der Waals surface area contributed by atoms with Gasteiger partial charge in [0.1, 0.15) is 12.1 Å². The van der Waals surface area contributed by atoms with Crippen molar-refractivity contribution in [3.8, 4) is 0 Å². The van der Waals surface area contributed by atoms with Crippen molar-refractivity contribution in [1.29, 1.82) is 0 Å². The third-order valence-corrected chi connectivity index (χ3v) is 14.3. The Hall–Kier alpha value is -5.58. The first kappa shape index (κ1) is 42.5. The van der Waals surface area contributed by atoms with E-state index in [0.717, 1.165) is 41.5 Å². The summed E-state index contributed by atoms with van der Waals surface area (Å²) in [6.07, 6.45) is 4.08. The molecule has 5 aromatic rings. The summed E-state index contributed by atoms with van der Waals surface area (Å²) in [6, 6.07) is 39.3. The fourth-order valence-corrected chi connectivity index (χ4v) is 11.2. The third-order valence-electron chi connectivity index (χ3n) is 12.8. The molecular weight excluding hydrogens is 769 g/mol. The molecule has 0 aliphatic heterocycles. The molecule has 0 heterocycles. The number of rotatable bonds is 14. The lowest BCUT2D eigenvalue weighted by Crippen LogP contribution is -2.58. The molecule has 9 nitrogen and oxygen atoms in total. The maximum absolute atomic E-state index is 14.8. The van der Waals surface area contributed by atoms with Gasteiger partial charge in [0.05, 0.1) is 10.3 Å². The molecule has 2 aliphatic rings. The Balaban J connectivity index is 1.20. The fraction of sp³-hybridized carbons (Fsp3) is 0.340. The van der Waals surface area contributed by atoms with Gasteiger partial charge in [-0.05, 0) is 108 Å². The number of para-hydroxylation sites is 2. The van der Waals surface area contributed by atoms with Gasteiger partial charge in [0.25, 0.3) is 0 Å². The maximum atomic E-state index is 14.8. The van der Waals surface area contributed by atoms with Gasteiger partial charge in [-0.2, -0.15) is 4.72 Å². The van der Waals surface area contributed by atoms with Gasteiger partial charge < -0.3 is 16.0 Å². The predicted molar refractivity (Wildman–Crippen MR) is 238 cm³/mol. The Morgan fingerprint density at radius 1 is 0.683 bits per heavy atom. The van der Waals surface area contributed by atoms with Gasteiger partial charge in [0, 0.05) is 17.8 Å². The quantitative estimate of drug-likeness (QED) is 0.0890. The normalized spacial score (nSPS) is 20.9. The molecule has 0 unspecified atom stereocenters. The molecule has 312 valence electrons. The molecule has 0 saturated heterocycles. The standard InChI is InChI=1S/C50H56N4O5S/c1-34(2)40-32-37-26-27-45-49(3,28-17-29-50(45,4)48(57)53-42(30-35-18-9-5-10-19-35)46(55)51-38-22-13-7-14-23-38)41(37)33-44(40)60(58,59)54-43(31-36-20-11-6-12-21-36)47(56)52-39-24-15-8-16-25-39/h5-16,18-25,32-34,42-43,45,54H,17,26-31H2,1-4H3,(H,51,55)(H,52,56)(H,53,57)/t42-,43-,45+,49+,50+/m0/s1. The van der Waals surface area contributed by atoms with Crippen LogP contribution in [0.3, 0.4) is 0 Å². The van der Waals surface area contributed by atoms with Crippen LogP contribution in [0, 0.1) is 11.3 Å². The van der Waals surface area contributed by atoms with E-state index >= 15 is 0 Å². The number of carbonyl (C=O) groups is 3. The van der Waals surface area contributed by atoms with E-state index in [4.69, 9.17) is 0 Å². The monoisotopic (exact) mass is 824 g/mol. The minimum atomic E-state index is -4.25. The molecule has 0 aromatic heterocycles. The molecule has 4 N–H and O–H groups in total. The fourth-order valence-electron chi connectivity index (χ4n) is 9.64. The van der Waals surface area contributed by atoms with Gasteiger partial charge in [-0.1, -0.05) is 137 Å². The summed E-state index contributed by atoms with van der Waals surface area (Å²) in [7, 11) is -4.25. The summed E-state index contributed by atoms with van der Waals surface area (Å²) >= 11 is 0. The smallest absolute Gasteiger partial charge is 0.247 e. The molecule has 10 heteroatoms. The van der Waals surface area contributed by atoms with Gasteiger partial charge in [-0.3, -0.25) is 14.4 Å². The average Bonchev–Trinajstić information content (AvgIpc) is 3.24. The van der Waals surface area contributed by atoms with Crippen LogP contribution >= 0.6 is 0 Å². The predicted octanol–water partition coefficient (Wildman–Crippen LogP) is 8.71. The second kappa shape index (κ2) is 18.0. The van der Waals surface area contributed by atoms with Crippen molar-refractivity contribution >= 4 is 39.1 Å². The highest BCUT2D eigenvalue weighted by Crippen LogP contribution is 2.58. The van der Waals surface area contributed by atoms with Crippen LogP contribution in [-0.2, 0) is 49.1 Å². The Kier molecular flexibility index (Phi) is 12.7. The second-order valence-corrected chi connectivity index (χ2v) is 19.0. The van der Waals surface area contributed by atoms with Crippen LogP contribution in [0.4, 0.5) is 11.4 Å². The first-order valence-electron chi connectivity index (χ1n) is 21.1. The first-order chi connectivity index (χ1) is 28.8. The number of sulfonamides is 1. The van der Waals surface area contributed by atoms with Crippen LogP contribution in [0.2, 0.25) is 0 Å². The van der Waals surface area contributed by atoms with Crippen LogP contribution in [0.25, 0.3) is 0 Å². The molecule has 0 bridgehead atoms. The highest BCUT2D eigenvalue weighted by molar-refractivity contribution is 7.89. The largest absolute Gasteiger partial charge is 0.343 e. The summed E-state index contributed by atoms with van der Waals surface area (Å²) < 4.78 is 32.4. The average molecular weight is 825 g/mol. The minimum Gasteiger partial charge on any atom is -0.343 e.